The van der Waals surface area contributed by atoms with Crippen LogP contribution in [0.4, 0.5) is 0 Å². The molecule has 0 aromatic carbocycles. The van der Waals surface area contributed by atoms with Crippen LogP contribution in [-0.2, 0) is 0 Å². The summed E-state index contributed by atoms with van der Waals surface area (Å²) in [7, 11) is 1.81. The molecule has 0 saturated carbocycles. The predicted molar refractivity (Wildman–Crippen MR) is 40.4 cm³/mol. The molecule has 1 heterocycles. The molecule has 0 aromatic rings. The normalized spacial score (nSPS) is 31.0. The zero-order valence-electron chi connectivity index (χ0n) is 5.86. The molecule has 2 atom stereocenters. The number of hydrogen-bond acceptors (Lipinski definition) is 4. The number of aliphatic imine (C=N–C) groups is 2. The van der Waals surface area contributed by atoms with Crippen LogP contribution in [0.2, 0.25) is 0 Å². The van der Waals surface area contributed by atoms with Gasteiger partial charge in [-0.05, 0) is 7.05 Å². The molecule has 0 aliphatic carbocycles. The van der Waals surface area contributed by atoms with E-state index in [0.717, 1.165) is 0 Å². The summed E-state index contributed by atoms with van der Waals surface area (Å²) in [6.07, 6.45) is 3.18. The molecule has 2 unspecified atom stereocenters. The molecule has 0 bridgehead atoms. The lowest BCUT2D eigenvalue weighted by Crippen LogP contribution is -2.36. The minimum atomic E-state index is -0.0116. The lowest BCUT2D eigenvalue weighted by atomic mass is 10.1. The highest BCUT2D eigenvalue weighted by atomic mass is 16.3. The topological polar surface area (TPSA) is 57.0 Å². The monoisotopic (exact) mass is 141 g/mol. The van der Waals surface area contributed by atoms with Crippen LogP contribution in [0.5, 0.6) is 0 Å². The lowest BCUT2D eigenvalue weighted by molar-refractivity contribution is 0.238. The Bertz CT molecular complexity index is 137. The van der Waals surface area contributed by atoms with E-state index in [4.69, 9.17) is 5.11 Å². The Morgan fingerprint density at radius 3 is 3.00 bits per heavy atom. The Kier molecular flexibility index (Phi) is 2.53. The van der Waals surface area contributed by atoms with Crippen LogP contribution in [-0.4, -0.2) is 37.5 Å². The van der Waals surface area contributed by atoms with Crippen molar-refractivity contribution >= 4 is 12.6 Å². The quantitative estimate of drug-likeness (QED) is 0.531. The predicted octanol–water partition coefficient (Wildman–Crippen LogP) is -0.747. The molecule has 1 aliphatic heterocycles. The number of hydrogen-bond donors (Lipinski definition) is 2. The molecule has 0 amide bonds. The highest BCUT2D eigenvalue weighted by Crippen LogP contribution is 2.03. The fourth-order valence-electron chi connectivity index (χ4n) is 0.887. The van der Waals surface area contributed by atoms with Crippen molar-refractivity contribution in [2.75, 3.05) is 13.7 Å². The third kappa shape index (κ3) is 1.40. The average molecular weight is 141 g/mol. The fraction of sp³-hybridized carbons (Fsp3) is 0.667. The van der Waals surface area contributed by atoms with Crippen LogP contribution >= 0.6 is 0 Å². The van der Waals surface area contributed by atoms with E-state index < -0.39 is 0 Å². The Hall–Kier alpha value is -0.740. The van der Waals surface area contributed by atoms with Gasteiger partial charge in [0.1, 0.15) is 12.5 Å². The maximum Gasteiger partial charge on any atom is 0.111 e. The summed E-state index contributed by atoms with van der Waals surface area (Å²) in [4.78, 5) is 7.82. The number of aliphatic hydroxyl groups is 1. The highest BCUT2D eigenvalue weighted by Gasteiger charge is 2.17. The van der Waals surface area contributed by atoms with Crippen molar-refractivity contribution in [3.05, 3.63) is 0 Å². The van der Waals surface area contributed by atoms with Gasteiger partial charge in [-0.2, -0.15) is 0 Å². The zero-order chi connectivity index (χ0) is 7.40. The van der Waals surface area contributed by atoms with Crippen LogP contribution in [0.1, 0.15) is 0 Å². The maximum absolute atomic E-state index is 8.79. The van der Waals surface area contributed by atoms with Gasteiger partial charge in [0.15, 0.2) is 0 Å². The number of rotatable bonds is 2. The largest absolute Gasteiger partial charge is 0.396 e. The summed E-state index contributed by atoms with van der Waals surface area (Å²) in [6.45, 7) is 0.0896. The van der Waals surface area contributed by atoms with E-state index >= 15 is 0 Å². The van der Waals surface area contributed by atoms with Gasteiger partial charge < -0.3 is 5.11 Å². The zero-order valence-corrected chi connectivity index (χ0v) is 5.86. The van der Waals surface area contributed by atoms with Gasteiger partial charge in [0, 0.05) is 6.21 Å². The SMILES string of the molecule is CNC1N=CN=CC1CO. The molecule has 56 valence electrons. The van der Waals surface area contributed by atoms with Gasteiger partial charge in [-0.25, -0.2) is 4.99 Å². The number of nitrogens with one attached hydrogen (secondary N) is 1. The van der Waals surface area contributed by atoms with Gasteiger partial charge in [-0.1, -0.05) is 0 Å². The number of nitrogens with zero attached hydrogens (tertiary/aromatic N) is 2. The lowest BCUT2D eigenvalue weighted by Gasteiger charge is -2.19. The molecule has 0 radical (unpaired) electrons. The van der Waals surface area contributed by atoms with Crippen molar-refractivity contribution in [1.29, 1.82) is 0 Å². The summed E-state index contributed by atoms with van der Waals surface area (Å²) in [6, 6.07) is 0. The van der Waals surface area contributed by atoms with E-state index in [1.54, 1.807) is 6.21 Å². The van der Waals surface area contributed by atoms with Crippen LogP contribution < -0.4 is 5.32 Å². The van der Waals surface area contributed by atoms with Crippen LogP contribution in [0, 0.1) is 5.92 Å². The molecule has 4 nitrogen and oxygen atoms in total. The second-order valence-corrected chi connectivity index (χ2v) is 2.14. The molecule has 0 saturated heterocycles. The molecule has 1 aliphatic rings. The van der Waals surface area contributed by atoms with Crippen molar-refractivity contribution in [3.63, 3.8) is 0 Å². The van der Waals surface area contributed by atoms with Gasteiger partial charge in [0.05, 0.1) is 12.5 Å². The minimum Gasteiger partial charge on any atom is -0.396 e. The first-order valence-electron chi connectivity index (χ1n) is 3.21. The third-order valence-electron chi connectivity index (χ3n) is 1.48. The Labute approximate surface area is 59.7 Å². The van der Waals surface area contributed by atoms with E-state index in [9.17, 15) is 0 Å². The summed E-state index contributed by atoms with van der Waals surface area (Å²) < 4.78 is 0. The van der Waals surface area contributed by atoms with Gasteiger partial charge in [-0.3, -0.25) is 10.3 Å². The van der Waals surface area contributed by atoms with Crippen LogP contribution in [0.15, 0.2) is 9.98 Å². The number of aliphatic hydroxyl groups excluding tert-OH is 1. The summed E-state index contributed by atoms with van der Waals surface area (Å²) in [5.74, 6) is 0.0231. The van der Waals surface area contributed by atoms with E-state index in [2.05, 4.69) is 15.3 Å². The molecule has 1 rings (SSSR count). The first-order valence-corrected chi connectivity index (χ1v) is 3.21. The molecule has 0 fully saturated rings. The van der Waals surface area contributed by atoms with Crippen molar-refractivity contribution in [2.24, 2.45) is 15.9 Å². The van der Waals surface area contributed by atoms with E-state index in [1.165, 1.54) is 6.34 Å². The molecule has 4 heteroatoms. The molecule has 2 N–H and O–H groups in total. The van der Waals surface area contributed by atoms with Crippen molar-refractivity contribution in [2.45, 2.75) is 6.17 Å². The van der Waals surface area contributed by atoms with E-state index in [-0.39, 0.29) is 18.7 Å². The smallest absolute Gasteiger partial charge is 0.111 e. The van der Waals surface area contributed by atoms with Crippen molar-refractivity contribution < 1.29 is 5.11 Å². The maximum atomic E-state index is 8.79. The fourth-order valence-corrected chi connectivity index (χ4v) is 0.887. The van der Waals surface area contributed by atoms with Gasteiger partial charge >= 0.3 is 0 Å². The second-order valence-electron chi connectivity index (χ2n) is 2.14. The van der Waals surface area contributed by atoms with Gasteiger partial charge in [0.2, 0.25) is 0 Å². The average Bonchev–Trinajstić information content (AvgIpc) is 2.04. The van der Waals surface area contributed by atoms with Crippen LogP contribution in [0.3, 0.4) is 0 Å². The third-order valence-corrected chi connectivity index (χ3v) is 1.48. The van der Waals surface area contributed by atoms with E-state index in [0.29, 0.717) is 0 Å². The molecular formula is C6H11N3O. The first-order chi connectivity index (χ1) is 4.88. The summed E-state index contributed by atoms with van der Waals surface area (Å²) in [5, 5.41) is 11.7. The molecular weight excluding hydrogens is 130 g/mol. The highest BCUT2D eigenvalue weighted by molar-refractivity contribution is 5.76. The summed E-state index contributed by atoms with van der Waals surface area (Å²) in [5.41, 5.74) is 0. The van der Waals surface area contributed by atoms with Crippen molar-refractivity contribution in [1.82, 2.24) is 5.32 Å². The summed E-state index contributed by atoms with van der Waals surface area (Å²) >= 11 is 0. The van der Waals surface area contributed by atoms with Crippen LogP contribution in [0.25, 0.3) is 0 Å². The van der Waals surface area contributed by atoms with E-state index in [1.807, 2.05) is 7.05 Å². The Morgan fingerprint density at radius 1 is 1.70 bits per heavy atom. The Morgan fingerprint density at radius 2 is 2.50 bits per heavy atom. The Balaban J connectivity index is 2.55. The standard InChI is InChI=1S/C6H11N3O/c1-7-6-5(3-10)2-8-4-9-6/h2,4-7,10H,3H2,1H3. The van der Waals surface area contributed by atoms with Crippen molar-refractivity contribution in [3.8, 4) is 0 Å². The molecule has 10 heavy (non-hydrogen) atoms. The molecule has 0 aromatic heterocycles. The second kappa shape index (κ2) is 3.43. The van der Waals surface area contributed by atoms with Gasteiger partial charge in [0.25, 0.3) is 0 Å². The van der Waals surface area contributed by atoms with Gasteiger partial charge in [-0.15, -0.1) is 0 Å². The minimum absolute atomic E-state index is 0.0116. The molecule has 0 spiro atoms. The first kappa shape index (κ1) is 7.37.